The minimum atomic E-state index is -0.320. The molecule has 0 radical (unpaired) electrons. The molecule has 2 aromatic heterocycles. The molecule has 0 aliphatic rings. The number of hydrogen-bond donors (Lipinski definition) is 3. The average Bonchev–Trinajstić information content (AvgIpc) is 3.13. The van der Waals surface area contributed by atoms with E-state index in [4.69, 9.17) is 0 Å². The lowest BCUT2D eigenvalue weighted by atomic mass is 10.2. The van der Waals surface area contributed by atoms with Crippen LogP contribution in [0.25, 0.3) is 0 Å². The fourth-order valence-corrected chi connectivity index (χ4v) is 3.04. The van der Waals surface area contributed by atoms with Crippen LogP contribution in [0, 0.1) is 6.92 Å². The smallest absolute Gasteiger partial charge is 0.278 e. The van der Waals surface area contributed by atoms with Gasteiger partial charge in [0.05, 0.1) is 11.6 Å². The van der Waals surface area contributed by atoms with E-state index in [2.05, 4.69) is 20.7 Å². The molecule has 3 rings (SSSR count). The first-order valence-electron chi connectivity index (χ1n) is 7.30. The summed E-state index contributed by atoms with van der Waals surface area (Å²) in [5.74, 6) is 0.153. The van der Waals surface area contributed by atoms with Gasteiger partial charge in [0.2, 0.25) is 0 Å². The molecule has 2 heterocycles. The maximum atomic E-state index is 12.5. The molecule has 0 bridgehead atoms. The molecule has 7 nitrogen and oxygen atoms in total. The zero-order valence-electron chi connectivity index (χ0n) is 13.3. The third kappa shape index (κ3) is 3.61. The number of hydrogen-bond acceptors (Lipinski definition) is 6. The maximum absolute atomic E-state index is 12.5. The Morgan fingerprint density at radius 1 is 1.38 bits per heavy atom. The molecular weight excluding hydrogens is 326 g/mol. The van der Waals surface area contributed by atoms with Crippen molar-refractivity contribution in [3.05, 3.63) is 52.8 Å². The first-order valence-corrected chi connectivity index (χ1v) is 8.12. The van der Waals surface area contributed by atoms with Gasteiger partial charge in [0.25, 0.3) is 5.91 Å². The van der Waals surface area contributed by atoms with Gasteiger partial charge >= 0.3 is 0 Å². The van der Waals surface area contributed by atoms with Crippen LogP contribution in [0.3, 0.4) is 0 Å². The third-order valence-electron chi connectivity index (χ3n) is 3.27. The summed E-state index contributed by atoms with van der Waals surface area (Å²) >= 11 is 1.40. The highest BCUT2D eigenvalue weighted by Crippen LogP contribution is 2.28. The lowest BCUT2D eigenvalue weighted by Gasteiger charge is -2.07. The molecule has 1 aromatic carbocycles. The van der Waals surface area contributed by atoms with Crippen LogP contribution in [0.4, 0.5) is 16.5 Å². The van der Waals surface area contributed by atoms with Crippen molar-refractivity contribution >= 4 is 33.8 Å². The number of amides is 1. The molecule has 0 atom stereocenters. The molecule has 0 fully saturated rings. The Bertz CT molecular complexity index is 871. The number of nitrogens with zero attached hydrogens (tertiary/aromatic N) is 3. The van der Waals surface area contributed by atoms with Gasteiger partial charge < -0.3 is 15.7 Å². The number of aromatic nitrogens is 3. The second kappa shape index (κ2) is 6.81. The van der Waals surface area contributed by atoms with Crippen molar-refractivity contribution < 1.29 is 9.90 Å². The molecule has 1 amide bonds. The van der Waals surface area contributed by atoms with Crippen LogP contribution in [0.2, 0.25) is 0 Å². The van der Waals surface area contributed by atoms with Gasteiger partial charge in [-0.1, -0.05) is 12.1 Å². The summed E-state index contributed by atoms with van der Waals surface area (Å²) in [7, 11) is 1.78. The molecule has 0 aliphatic heterocycles. The van der Waals surface area contributed by atoms with E-state index in [1.165, 1.54) is 11.3 Å². The second-order valence-corrected chi connectivity index (χ2v) is 6.43. The van der Waals surface area contributed by atoms with Gasteiger partial charge in [-0.15, -0.1) is 11.3 Å². The van der Waals surface area contributed by atoms with Crippen LogP contribution in [0.1, 0.15) is 21.1 Å². The fourth-order valence-electron chi connectivity index (χ4n) is 2.20. The predicted molar refractivity (Wildman–Crippen MR) is 93.7 cm³/mol. The number of aliphatic hydroxyl groups is 1. The Morgan fingerprint density at radius 3 is 2.92 bits per heavy atom. The van der Waals surface area contributed by atoms with Crippen molar-refractivity contribution in [2.45, 2.75) is 13.5 Å². The Morgan fingerprint density at radius 2 is 2.21 bits per heavy atom. The van der Waals surface area contributed by atoms with E-state index in [0.717, 1.165) is 16.3 Å². The van der Waals surface area contributed by atoms with E-state index in [-0.39, 0.29) is 12.5 Å². The highest BCUT2D eigenvalue weighted by molar-refractivity contribution is 7.16. The highest BCUT2D eigenvalue weighted by Gasteiger charge is 2.18. The number of rotatable bonds is 5. The first kappa shape index (κ1) is 16.2. The molecular formula is C16H17N5O2S. The summed E-state index contributed by atoms with van der Waals surface area (Å²) < 4.78 is 1.61. The Balaban J connectivity index is 1.83. The number of thiazole rings is 1. The van der Waals surface area contributed by atoms with Crippen LogP contribution < -0.4 is 10.6 Å². The zero-order valence-corrected chi connectivity index (χ0v) is 14.1. The van der Waals surface area contributed by atoms with Crippen LogP contribution in [-0.4, -0.2) is 25.8 Å². The molecule has 0 saturated carbocycles. The van der Waals surface area contributed by atoms with Crippen LogP contribution >= 0.6 is 11.3 Å². The summed E-state index contributed by atoms with van der Waals surface area (Å²) in [6.45, 7) is 1.81. The van der Waals surface area contributed by atoms with Crippen molar-refractivity contribution in [1.82, 2.24) is 14.8 Å². The largest absolute Gasteiger partial charge is 0.392 e. The summed E-state index contributed by atoms with van der Waals surface area (Å²) in [6.07, 6.45) is 1.75. The molecule has 3 aromatic rings. The molecule has 0 saturated heterocycles. The van der Waals surface area contributed by atoms with Crippen LogP contribution in [0.5, 0.6) is 0 Å². The molecule has 0 unspecified atom stereocenters. The monoisotopic (exact) mass is 343 g/mol. The third-order valence-corrected chi connectivity index (χ3v) is 4.16. The van der Waals surface area contributed by atoms with E-state index in [1.807, 2.05) is 31.2 Å². The molecule has 0 aliphatic carbocycles. The SMILES string of the molecule is Cc1nc(C(=O)Nc2ccn(C)n2)c(Nc2cccc(CO)c2)s1. The second-order valence-electron chi connectivity index (χ2n) is 5.22. The quantitative estimate of drug-likeness (QED) is 0.662. The first-order chi connectivity index (χ1) is 11.5. The molecule has 3 N–H and O–H groups in total. The number of carbonyl (C=O) groups is 1. The number of aryl methyl sites for hydroxylation is 2. The molecule has 0 spiro atoms. The van der Waals surface area contributed by atoms with Crippen molar-refractivity contribution in [2.75, 3.05) is 10.6 Å². The normalized spacial score (nSPS) is 10.6. The van der Waals surface area contributed by atoms with Crippen molar-refractivity contribution in [1.29, 1.82) is 0 Å². The number of aliphatic hydroxyl groups excluding tert-OH is 1. The standard InChI is InChI=1S/C16H17N5O2S/c1-10-17-14(15(23)19-13-6-7-21(2)20-13)16(24-10)18-12-5-3-4-11(8-12)9-22/h3-8,18,22H,9H2,1-2H3,(H,19,20,23). The fraction of sp³-hybridized carbons (Fsp3) is 0.188. The van der Waals surface area contributed by atoms with E-state index < -0.39 is 0 Å². The lowest BCUT2D eigenvalue weighted by Crippen LogP contribution is -2.14. The summed E-state index contributed by atoms with van der Waals surface area (Å²) in [6, 6.07) is 9.09. The zero-order chi connectivity index (χ0) is 17.1. The van der Waals surface area contributed by atoms with E-state index >= 15 is 0 Å². The number of benzene rings is 1. The number of nitrogens with one attached hydrogen (secondary N) is 2. The Kier molecular flexibility index (Phi) is 4.59. The van der Waals surface area contributed by atoms with Gasteiger partial charge in [0.15, 0.2) is 11.5 Å². The summed E-state index contributed by atoms with van der Waals surface area (Å²) in [4.78, 5) is 16.8. The van der Waals surface area contributed by atoms with Gasteiger partial charge in [-0.2, -0.15) is 5.10 Å². The van der Waals surface area contributed by atoms with Crippen molar-refractivity contribution in [2.24, 2.45) is 7.05 Å². The highest BCUT2D eigenvalue weighted by atomic mass is 32.1. The summed E-state index contributed by atoms with van der Waals surface area (Å²) in [5, 5.41) is 20.7. The van der Waals surface area contributed by atoms with Gasteiger partial charge in [-0.05, 0) is 24.6 Å². The van der Waals surface area contributed by atoms with Gasteiger partial charge in [-0.25, -0.2) is 4.98 Å². The molecule has 124 valence electrons. The van der Waals surface area contributed by atoms with E-state index in [9.17, 15) is 9.90 Å². The lowest BCUT2D eigenvalue weighted by molar-refractivity contribution is 0.102. The van der Waals surface area contributed by atoms with Gasteiger partial charge in [0.1, 0.15) is 5.00 Å². The van der Waals surface area contributed by atoms with Crippen LogP contribution in [0.15, 0.2) is 36.5 Å². The van der Waals surface area contributed by atoms with Crippen molar-refractivity contribution in [3.8, 4) is 0 Å². The van der Waals surface area contributed by atoms with E-state index in [0.29, 0.717) is 16.5 Å². The molecule has 24 heavy (non-hydrogen) atoms. The topological polar surface area (TPSA) is 92.1 Å². The Hall–Kier alpha value is -2.71. The predicted octanol–water partition coefficient (Wildman–Crippen LogP) is 2.67. The maximum Gasteiger partial charge on any atom is 0.278 e. The van der Waals surface area contributed by atoms with Crippen molar-refractivity contribution in [3.63, 3.8) is 0 Å². The molecule has 8 heteroatoms. The van der Waals surface area contributed by atoms with Crippen LogP contribution in [-0.2, 0) is 13.7 Å². The number of carbonyl (C=O) groups excluding carboxylic acids is 1. The van der Waals surface area contributed by atoms with Gasteiger partial charge in [-0.3, -0.25) is 9.48 Å². The Labute approximate surface area is 143 Å². The number of anilines is 3. The van der Waals surface area contributed by atoms with E-state index in [1.54, 1.807) is 24.0 Å². The minimum absolute atomic E-state index is 0.0374. The summed E-state index contributed by atoms with van der Waals surface area (Å²) in [5.41, 5.74) is 1.90. The minimum Gasteiger partial charge on any atom is -0.392 e. The average molecular weight is 343 g/mol. The van der Waals surface area contributed by atoms with Gasteiger partial charge in [0, 0.05) is 25.0 Å².